The van der Waals surface area contributed by atoms with E-state index in [2.05, 4.69) is 57.6 Å². The van der Waals surface area contributed by atoms with Crippen molar-refractivity contribution in [1.29, 1.82) is 0 Å². The summed E-state index contributed by atoms with van der Waals surface area (Å²) in [5, 5.41) is 3.43. The van der Waals surface area contributed by atoms with Crippen molar-refractivity contribution in [3.63, 3.8) is 0 Å². The first-order valence-corrected chi connectivity index (χ1v) is 7.40. The average molecular weight is 286 g/mol. The maximum absolute atomic E-state index is 6.00. The van der Waals surface area contributed by atoms with Gasteiger partial charge in [0.1, 0.15) is 5.82 Å². The molecule has 0 aliphatic carbocycles. The highest BCUT2D eigenvalue weighted by Gasteiger charge is 2.30. The minimum Gasteiger partial charge on any atom is -0.374 e. The number of benzene rings is 1. The van der Waals surface area contributed by atoms with E-state index in [9.17, 15) is 0 Å². The van der Waals surface area contributed by atoms with E-state index < -0.39 is 0 Å². The summed E-state index contributed by atoms with van der Waals surface area (Å²) in [6, 6.07) is 10.9. The Morgan fingerprint density at radius 2 is 2.24 bits per heavy atom. The van der Waals surface area contributed by atoms with E-state index in [1.165, 1.54) is 5.56 Å². The van der Waals surface area contributed by atoms with Crippen LogP contribution >= 0.6 is 0 Å². The second-order valence-corrected chi connectivity index (χ2v) is 5.41. The third-order valence-electron chi connectivity index (χ3n) is 3.94. The number of imidazole rings is 1. The van der Waals surface area contributed by atoms with Crippen molar-refractivity contribution in [3.05, 3.63) is 54.1 Å². The molecule has 0 amide bonds. The third kappa shape index (κ3) is 3.50. The Balaban J connectivity index is 1.63. The van der Waals surface area contributed by atoms with Crippen LogP contribution in [0.15, 0.2) is 42.7 Å². The van der Waals surface area contributed by atoms with Crippen LogP contribution in [0.2, 0.25) is 0 Å². The standard InChI is InChI=1S/C16H22N4O/c1-20-9-10-21-14(11-17-12-15-18-7-8-19-15)16(20)13-5-3-2-4-6-13/h2-8,14,16-17H,9-12H2,1H3,(H,18,19)/t14-,16-/m0/s1. The maximum atomic E-state index is 6.00. The predicted molar refractivity (Wildman–Crippen MR) is 81.8 cm³/mol. The number of rotatable bonds is 5. The molecule has 5 nitrogen and oxygen atoms in total. The van der Waals surface area contributed by atoms with Gasteiger partial charge in [0.15, 0.2) is 0 Å². The molecule has 2 atom stereocenters. The Morgan fingerprint density at radius 1 is 1.38 bits per heavy atom. The summed E-state index contributed by atoms with van der Waals surface area (Å²) in [5.74, 6) is 0.954. The summed E-state index contributed by atoms with van der Waals surface area (Å²) in [4.78, 5) is 9.70. The Morgan fingerprint density at radius 3 is 3.00 bits per heavy atom. The van der Waals surface area contributed by atoms with Crippen LogP contribution in [0.25, 0.3) is 0 Å². The Hall–Kier alpha value is -1.69. The summed E-state index contributed by atoms with van der Waals surface area (Å²) in [5.41, 5.74) is 1.31. The Bertz CT molecular complexity index is 528. The maximum Gasteiger partial charge on any atom is 0.120 e. The van der Waals surface area contributed by atoms with Gasteiger partial charge in [-0.15, -0.1) is 0 Å². The van der Waals surface area contributed by atoms with E-state index >= 15 is 0 Å². The molecular weight excluding hydrogens is 264 g/mol. The van der Waals surface area contributed by atoms with Crippen LogP contribution in [0.1, 0.15) is 17.4 Å². The molecule has 1 aliphatic heterocycles. The zero-order valence-corrected chi connectivity index (χ0v) is 12.3. The molecule has 5 heteroatoms. The molecule has 3 rings (SSSR count). The molecule has 0 unspecified atom stereocenters. The van der Waals surface area contributed by atoms with Gasteiger partial charge in [-0.25, -0.2) is 4.98 Å². The fraction of sp³-hybridized carbons (Fsp3) is 0.438. The van der Waals surface area contributed by atoms with Crippen molar-refractivity contribution < 1.29 is 4.74 Å². The van der Waals surface area contributed by atoms with Crippen molar-refractivity contribution in [1.82, 2.24) is 20.2 Å². The average Bonchev–Trinajstić information content (AvgIpc) is 3.02. The summed E-state index contributed by atoms with van der Waals surface area (Å²) < 4.78 is 6.00. The number of morpholine rings is 1. The molecule has 112 valence electrons. The number of ether oxygens (including phenoxy) is 1. The Kier molecular flexibility index (Phi) is 4.65. The van der Waals surface area contributed by atoms with Gasteiger partial charge in [-0.05, 0) is 12.6 Å². The fourth-order valence-electron chi connectivity index (χ4n) is 2.88. The topological polar surface area (TPSA) is 53.2 Å². The van der Waals surface area contributed by atoms with E-state index in [1.807, 2.05) is 6.20 Å². The third-order valence-corrected chi connectivity index (χ3v) is 3.94. The summed E-state index contributed by atoms with van der Waals surface area (Å²) in [6.07, 6.45) is 3.77. The molecule has 1 saturated heterocycles. The molecule has 1 aromatic carbocycles. The molecule has 2 aromatic rings. The van der Waals surface area contributed by atoms with Crippen LogP contribution in [-0.4, -0.2) is 47.7 Å². The second kappa shape index (κ2) is 6.85. The predicted octanol–water partition coefficient (Wildman–Crippen LogP) is 1.57. The molecule has 0 spiro atoms. The number of aromatic nitrogens is 2. The van der Waals surface area contributed by atoms with Crippen LogP contribution in [0.3, 0.4) is 0 Å². The second-order valence-electron chi connectivity index (χ2n) is 5.41. The van der Waals surface area contributed by atoms with E-state index in [0.717, 1.165) is 32.1 Å². The van der Waals surface area contributed by atoms with E-state index in [0.29, 0.717) is 6.04 Å². The van der Waals surface area contributed by atoms with Crippen LogP contribution < -0.4 is 5.32 Å². The van der Waals surface area contributed by atoms with Gasteiger partial charge in [0.2, 0.25) is 0 Å². The van der Waals surface area contributed by atoms with Gasteiger partial charge in [-0.2, -0.15) is 0 Å². The lowest BCUT2D eigenvalue weighted by atomic mass is 9.98. The molecule has 1 aliphatic rings. The van der Waals surface area contributed by atoms with Crippen LogP contribution in [0.4, 0.5) is 0 Å². The largest absolute Gasteiger partial charge is 0.374 e. The van der Waals surface area contributed by atoms with Crippen molar-refractivity contribution in [2.45, 2.75) is 18.7 Å². The normalized spacial score (nSPS) is 23.3. The van der Waals surface area contributed by atoms with Gasteiger partial charge in [-0.3, -0.25) is 4.90 Å². The van der Waals surface area contributed by atoms with Gasteiger partial charge >= 0.3 is 0 Å². The van der Waals surface area contributed by atoms with E-state index in [-0.39, 0.29) is 6.10 Å². The van der Waals surface area contributed by atoms with Crippen LogP contribution in [0.5, 0.6) is 0 Å². The minimum absolute atomic E-state index is 0.154. The lowest BCUT2D eigenvalue weighted by Crippen LogP contribution is -2.47. The number of likely N-dealkylation sites (N-methyl/N-ethyl adjacent to an activating group) is 1. The minimum atomic E-state index is 0.154. The summed E-state index contributed by atoms with van der Waals surface area (Å²) in [6.45, 7) is 3.30. The smallest absolute Gasteiger partial charge is 0.120 e. The first-order chi connectivity index (χ1) is 10.3. The quantitative estimate of drug-likeness (QED) is 0.876. The van der Waals surface area contributed by atoms with E-state index in [1.54, 1.807) is 6.20 Å². The molecule has 0 saturated carbocycles. The number of H-pyrrole nitrogens is 1. The monoisotopic (exact) mass is 286 g/mol. The van der Waals surface area contributed by atoms with Crippen molar-refractivity contribution in [2.75, 3.05) is 26.7 Å². The lowest BCUT2D eigenvalue weighted by molar-refractivity contribution is -0.0615. The van der Waals surface area contributed by atoms with Crippen molar-refractivity contribution in [2.24, 2.45) is 0 Å². The molecule has 1 aromatic heterocycles. The summed E-state index contributed by atoms with van der Waals surface area (Å²) in [7, 11) is 2.17. The van der Waals surface area contributed by atoms with Gasteiger partial charge in [0, 0.05) is 25.5 Å². The van der Waals surface area contributed by atoms with Crippen LogP contribution in [-0.2, 0) is 11.3 Å². The fourth-order valence-corrected chi connectivity index (χ4v) is 2.88. The van der Waals surface area contributed by atoms with Gasteiger partial charge in [0.25, 0.3) is 0 Å². The number of hydrogen-bond donors (Lipinski definition) is 2. The number of nitrogens with one attached hydrogen (secondary N) is 2. The molecule has 2 heterocycles. The first kappa shape index (κ1) is 14.3. The summed E-state index contributed by atoms with van der Waals surface area (Å²) >= 11 is 0. The molecule has 1 fully saturated rings. The molecule has 0 bridgehead atoms. The molecule has 21 heavy (non-hydrogen) atoms. The Labute approximate surface area is 125 Å². The molecule has 2 N–H and O–H groups in total. The van der Waals surface area contributed by atoms with Gasteiger partial charge in [0.05, 0.1) is 25.3 Å². The highest BCUT2D eigenvalue weighted by Crippen LogP contribution is 2.27. The SMILES string of the molecule is CN1CCO[C@@H](CNCc2ncc[nH]2)[C@@H]1c1ccccc1. The van der Waals surface area contributed by atoms with Crippen LogP contribution in [0, 0.1) is 0 Å². The zero-order chi connectivity index (χ0) is 14.5. The van der Waals surface area contributed by atoms with Gasteiger partial charge in [-0.1, -0.05) is 30.3 Å². The highest BCUT2D eigenvalue weighted by atomic mass is 16.5. The zero-order valence-electron chi connectivity index (χ0n) is 12.3. The highest BCUT2D eigenvalue weighted by molar-refractivity contribution is 5.21. The molecular formula is C16H22N4O. The van der Waals surface area contributed by atoms with Gasteiger partial charge < -0.3 is 15.0 Å². The van der Waals surface area contributed by atoms with Crippen molar-refractivity contribution >= 4 is 0 Å². The number of hydrogen-bond acceptors (Lipinski definition) is 4. The molecule has 0 radical (unpaired) electrons. The first-order valence-electron chi connectivity index (χ1n) is 7.40. The number of aromatic amines is 1. The van der Waals surface area contributed by atoms with E-state index in [4.69, 9.17) is 4.74 Å². The lowest BCUT2D eigenvalue weighted by Gasteiger charge is -2.39. The van der Waals surface area contributed by atoms with Crippen molar-refractivity contribution in [3.8, 4) is 0 Å². The number of nitrogens with zero attached hydrogens (tertiary/aromatic N) is 2.